The van der Waals surface area contributed by atoms with Gasteiger partial charge in [-0.1, -0.05) is 92.7 Å². The van der Waals surface area contributed by atoms with Gasteiger partial charge in [0.1, 0.15) is 11.4 Å². The van der Waals surface area contributed by atoms with Gasteiger partial charge >= 0.3 is 5.97 Å². The van der Waals surface area contributed by atoms with Gasteiger partial charge in [-0.2, -0.15) is 0 Å². The second-order valence-corrected chi connectivity index (χ2v) is 10.0. The van der Waals surface area contributed by atoms with E-state index in [9.17, 15) is 9.90 Å². The molecule has 3 aromatic rings. The van der Waals surface area contributed by atoms with Crippen molar-refractivity contribution < 1.29 is 14.6 Å². The molecule has 2 aliphatic rings. The lowest BCUT2D eigenvalue weighted by molar-refractivity contribution is -0.161. The van der Waals surface area contributed by atoms with Crippen LogP contribution in [0.3, 0.4) is 0 Å². The number of ether oxygens (including phenoxy) is 1. The quantitative estimate of drug-likeness (QED) is 0.453. The zero-order valence-electron chi connectivity index (χ0n) is 19.8. The number of hydrogen-bond donors (Lipinski definition) is 1. The third-order valence-corrected chi connectivity index (χ3v) is 7.32. The summed E-state index contributed by atoms with van der Waals surface area (Å²) in [6.07, 6.45) is 2.47. The summed E-state index contributed by atoms with van der Waals surface area (Å²) < 4.78 is 6.29. The lowest BCUT2D eigenvalue weighted by Crippen LogP contribution is -2.45. The topological polar surface area (TPSA) is 49.8 Å². The van der Waals surface area contributed by atoms with Gasteiger partial charge in [-0.3, -0.25) is 0 Å². The number of rotatable bonds is 5. The van der Waals surface area contributed by atoms with E-state index in [1.54, 1.807) is 0 Å². The maximum Gasteiger partial charge on any atom is 0.359 e. The number of benzene rings is 3. The van der Waals surface area contributed by atoms with E-state index >= 15 is 0 Å². The summed E-state index contributed by atoms with van der Waals surface area (Å²) in [6.45, 7) is 5.10. The minimum atomic E-state index is -0.906. The van der Waals surface area contributed by atoms with E-state index in [1.165, 1.54) is 11.1 Å². The summed E-state index contributed by atoms with van der Waals surface area (Å²) >= 11 is 0. The Morgan fingerprint density at radius 1 is 0.912 bits per heavy atom. The predicted octanol–water partition coefficient (Wildman–Crippen LogP) is 6.42. The molecule has 0 saturated heterocycles. The Balaban J connectivity index is 1.53. The average molecular weight is 454 g/mol. The molecule has 34 heavy (non-hydrogen) atoms. The first-order chi connectivity index (χ1) is 16.4. The first-order valence-corrected chi connectivity index (χ1v) is 12.0. The van der Waals surface area contributed by atoms with Crippen LogP contribution in [0.15, 0.2) is 96.4 Å². The van der Waals surface area contributed by atoms with Crippen LogP contribution in [0.5, 0.6) is 0 Å². The first kappa shape index (κ1) is 22.3. The molecule has 1 N–H and O–H groups in total. The number of fused-ring (bicyclic) bond motifs is 1. The molecular formula is C30H31NO3. The Morgan fingerprint density at radius 3 is 2.26 bits per heavy atom. The number of hydrogen-bond acceptors (Lipinski definition) is 4. The molecule has 174 valence electrons. The van der Waals surface area contributed by atoms with Crippen LogP contribution in [0.25, 0.3) is 0 Å². The summed E-state index contributed by atoms with van der Waals surface area (Å²) in [5.41, 5.74) is 3.60. The molecule has 2 aliphatic heterocycles. The summed E-state index contributed by atoms with van der Waals surface area (Å²) in [6, 6.07) is 28.2. The molecule has 0 aromatic heterocycles. The maximum absolute atomic E-state index is 13.6. The Morgan fingerprint density at radius 2 is 1.56 bits per heavy atom. The van der Waals surface area contributed by atoms with Crippen LogP contribution < -0.4 is 4.90 Å². The van der Waals surface area contributed by atoms with E-state index in [0.717, 1.165) is 24.1 Å². The Labute approximate surface area is 201 Å². The van der Waals surface area contributed by atoms with Gasteiger partial charge in [0.25, 0.3) is 0 Å². The third kappa shape index (κ3) is 3.98. The van der Waals surface area contributed by atoms with Crippen molar-refractivity contribution in [3.05, 3.63) is 113 Å². The average Bonchev–Trinajstić information content (AvgIpc) is 2.85. The number of cyclic esters (lactones) is 1. The molecule has 0 fully saturated rings. The van der Waals surface area contributed by atoms with Crippen LogP contribution in [0.2, 0.25) is 0 Å². The summed E-state index contributed by atoms with van der Waals surface area (Å²) in [5, 5.41) is 11.4. The van der Waals surface area contributed by atoms with Gasteiger partial charge in [-0.05, 0) is 47.4 Å². The van der Waals surface area contributed by atoms with Crippen molar-refractivity contribution in [2.45, 2.75) is 50.5 Å². The molecule has 4 nitrogen and oxygen atoms in total. The fourth-order valence-corrected chi connectivity index (χ4v) is 5.34. The normalized spacial score (nSPS) is 21.7. The molecule has 0 amide bonds. The molecular weight excluding hydrogens is 422 g/mol. The predicted molar refractivity (Wildman–Crippen MR) is 135 cm³/mol. The van der Waals surface area contributed by atoms with Crippen molar-refractivity contribution in [1.29, 1.82) is 0 Å². The minimum Gasteiger partial charge on any atom is -0.510 e. The van der Waals surface area contributed by atoms with Gasteiger partial charge in [0.05, 0.1) is 6.42 Å². The largest absolute Gasteiger partial charge is 0.510 e. The van der Waals surface area contributed by atoms with Crippen LogP contribution in [0.4, 0.5) is 5.69 Å². The van der Waals surface area contributed by atoms with Crippen LogP contribution >= 0.6 is 0 Å². The van der Waals surface area contributed by atoms with Crippen molar-refractivity contribution in [3.63, 3.8) is 0 Å². The fourth-order valence-electron chi connectivity index (χ4n) is 5.34. The molecule has 0 bridgehead atoms. The number of para-hydroxylation sites is 1. The molecule has 0 aliphatic carbocycles. The fraction of sp³-hybridized carbons (Fsp3) is 0.300. The Kier molecular flexibility index (Phi) is 5.68. The number of anilines is 1. The highest BCUT2D eigenvalue weighted by atomic mass is 16.6. The first-order valence-electron chi connectivity index (χ1n) is 12.0. The second kappa shape index (κ2) is 8.68. The highest BCUT2D eigenvalue weighted by Crippen LogP contribution is 2.46. The molecule has 2 heterocycles. The Hall–Kier alpha value is -3.53. The van der Waals surface area contributed by atoms with Gasteiger partial charge in [0, 0.05) is 12.2 Å². The van der Waals surface area contributed by atoms with Crippen LogP contribution in [0, 0.1) is 0 Å². The maximum atomic E-state index is 13.6. The molecule has 3 aromatic carbocycles. The van der Waals surface area contributed by atoms with Gasteiger partial charge < -0.3 is 14.7 Å². The number of esters is 1. The number of aryl methyl sites for hydroxylation is 1. The van der Waals surface area contributed by atoms with Gasteiger partial charge in [-0.15, -0.1) is 0 Å². The van der Waals surface area contributed by atoms with Gasteiger partial charge in [0.2, 0.25) is 0 Å². The SMILES string of the molecule is CC1(C)CCN(C2=C(O)CC(CCc3ccccc3)(c3ccccc3)OC2=O)c2ccccc21. The molecule has 5 rings (SSSR count). The van der Waals surface area contributed by atoms with E-state index in [0.29, 0.717) is 13.0 Å². The number of aliphatic hydroxyl groups is 1. The lowest BCUT2D eigenvalue weighted by Gasteiger charge is -2.44. The second-order valence-electron chi connectivity index (χ2n) is 10.0. The number of carbonyl (C=O) groups is 1. The van der Waals surface area contributed by atoms with Gasteiger partial charge in [0.15, 0.2) is 5.70 Å². The molecule has 4 heteroatoms. The third-order valence-electron chi connectivity index (χ3n) is 7.32. The van der Waals surface area contributed by atoms with Crippen molar-refractivity contribution in [2.24, 2.45) is 0 Å². The molecule has 0 saturated carbocycles. The van der Waals surface area contributed by atoms with Crippen molar-refractivity contribution in [1.82, 2.24) is 0 Å². The van der Waals surface area contributed by atoms with Crippen LogP contribution in [-0.2, 0) is 27.0 Å². The summed E-state index contributed by atoms with van der Waals surface area (Å²) in [5.74, 6) is -0.363. The van der Waals surface area contributed by atoms with Crippen molar-refractivity contribution in [3.8, 4) is 0 Å². The smallest absolute Gasteiger partial charge is 0.359 e. The zero-order chi connectivity index (χ0) is 23.8. The summed E-state index contributed by atoms with van der Waals surface area (Å²) in [7, 11) is 0. The van der Waals surface area contributed by atoms with E-state index < -0.39 is 11.6 Å². The number of nitrogens with zero attached hydrogens (tertiary/aromatic N) is 1. The van der Waals surface area contributed by atoms with Crippen LogP contribution in [-0.4, -0.2) is 17.6 Å². The highest BCUT2D eigenvalue weighted by Gasteiger charge is 2.46. The van der Waals surface area contributed by atoms with E-state index in [-0.39, 0.29) is 23.3 Å². The van der Waals surface area contributed by atoms with E-state index in [1.807, 2.05) is 71.6 Å². The standard InChI is InChI=1S/C30H31NO3/c1-29(2)19-20-31(25-16-10-9-15-24(25)29)27-26(32)21-30(34-28(27)33,23-13-7-4-8-14-23)18-17-22-11-5-3-6-12-22/h3-16,32H,17-21H2,1-2H3. The summed E-state index contributed by atoms with van der Waals surface area (Å²) in [4.78, 5) is 15.5. The molecule has 1 unspecified atom stereocenters. The monoisotopic (exact) mass is 453 g/mol. The highest BCUT2D eigenvalue weighted by molar-refractivity contribution is 5.95. The zero-order valence-corrected chi connectivity index (χ0v) is 19.8. The molecule has 0 radical (unpaired) electrons. The Bertz CT molecular complexity index is 1220. The minimum absolute atomic E-state index is 0.00528. The van der Waals surface area contributed by atoms with Crippen LogP contribution in [0.1, 0.15) is 49.8 Å². The van der Waals surface area contributed by atoms with Gasteiger partial charge in [-0.25, -0.2) is 4.79 Å². The lowest BCUT2D eigenvalue weighted by atomic mass is 9.77. The van der Waals surface area contributed by atoms with E-state index in [4.69, 9.17) is 4.74 Å². The molecule has 0 spiro atoms. The van der Waals surface area contributed by atoms with Crippen molar-refractivity contribution >= 4 is 11.7 Å². The van der Waals surface area contributed by atoms with E-state index in [2.05, 4.69) is 32.0 Å². The van der Waals surface area contributed by atoms with Crippen molar-refractivity contribution in [2.75, 3.05) is 11.4 Å². The number of aliphatic hydroxyl groups excluding tert-OH is 1. The number of carbonyl (C=O) groups excluding carboxylic acids is 1. The molecule has 1 atom stereocenters.